The maximum atomic E-state index is 13.1. The molecule has 6 nitrogen and oxygen atoms in total. The molecule has 3 rings (SSSR count). The minimum atomic E-state index is -0.311. The van der Waals surface area contributed by atoms with Gasteiger partial charge in [0, 0.05) is 17.2 Å². The molecule has 1 aromatic heterocycles. The zero-order valence-electron chi connectivity index (χ0n) is 16.0. The molecule has 0 saturated heterocycles. The van der Waals surface area contributed by atoms with E-state index >= 15 is 0 Å². The van der Waals surface area contributed by atoms with Crippen LogP contribution in [0.15, 0.2) is 18.2 Å². The topological polar surface area (TPSA) is 70.7 Å². The Bertz CT molecular complexity index is 945. The normalized spacial score (nSPS) is 15.4. The van der Waals surface area contributed by atoms with Crippen LogP contribution in [-0.4, -0.2) is 37.6 Å². The smallest absolute Gasteiger partial charge is 0.280 e. The Kier molecular flexibility index (Phi) is 6.23. The van der Waals surface area contributed by atoms with Gasteiger partial charge < -0.3 is 10.6 Å². The highest BCUT2D eigenvalue weighted by atomic mass is 127. The van der Waals surface area contributed by atoms with E-state index in [0.29, 0.717) is 39.1 Å². The summed E-state index contributed by atoms with van der Waals surface area (Å²) in [6.07, 6.45) is 0.596. The predicted molar refractivity (Wildman–Crippen MR) is 121 cm³/mol. The number of hydroxylamine groups is 2. The minimum Gasteiger partial charge on any atom is -0.351 e. The molecule has 0 unspecified atom stereocenters. The first kappa shape index (κ1) is 21.4. The lowest BCUT2D eigenvalue weighted by molar-refractivity contribution is -0.0756. The molecule has 150 valence electrons. The van der Waals surface area contributed by atoms with Gasteiger partial charge in [0.15, 0.2) is 0 Å². The molecule has 0 fully saturated rings. The van der Waals surface area contributed by atoms with E-state index in [4.69, 9.17) is 16.4 Å². The first-order valence-corrected chi connectivity index (χ1v) is 10.9. The van der Waals surface area contributed by atoms with Gasteiger partial charge in [-0.1, -0.05) is 25.4 Å². The summed E-state index contributed by atoms with van der Waals surface area (Å²) in [5, 5.41) is 8.50. The van der Waals surface area contributed by atoms with Crippen LogP contribution in [0.4, 0.5) is 10.7 Å². The van der Waals surface area contributed by atoms with E-state index < -0.39 is 0 Å². The number of amides is 2. The molecule has 0 atom stereocenters. The van der Waals surface area contributed by atoms with Gasteiger partial charge in [0.25, 0.3) is 11.8 Å². The molecule has 0 radical (unpaired) electrons. The zero-order chi connectivity index (χ0) is 20.6. The van der Waals surface area contributed by atoms with Crippen LogP contribution >= 0.6 is 45.5 Å². The van der Waals surface area contributed by atoms with Gasteiger partial charge in [-0.15, -0.1) is 11.3 Å². The van der Waals surface area contributed by atoms with Gasteiger partial charge in [0.1, 0.15) is 5.00 Å². The van der Waals surface area contributed by atoms with Crippen LogP contribution in [0.3, 0.4) is 0 Å². The summed E-state index contributed by atoms with van der Waals surface area (Å²) in [7, 11) is 2.98. The van der Waals surface area contributed by atoms with Gasteiger partial charge in [-0.05, 0) is 58.2 Å². The Labute approximate surface area is 186 Å². The highest BCUT2D eigenvalue weighted by Crippen LogP contribution is 2.41. The lowest BCUT2D eigenvalue weighted by atomic mass is 9.85. The molecule has 0 bridgehead atoms. The van der Waals surface area contributed by atoms with Gasteiger partial charge in [-0.3, -0.25) is 14.4 Å². The number of carbonyl (C=O) groups is 2. The molecule has 0 aliphatic carbocycles. The summed E-state index contributed by atoms with van der Waals surface area (Å²) in [6, 6.07) is 5.61. The standard InChI is InChI=1S/C19H21ClIN3O3S/c1-19(2)8-11-14(18(26)24(3)27-4)17(28-15(11)16(25)22-9-19)23-13-6-5-10(21)7-12(13)20/h5-7,23H,8-9H2,1-4H3,(H,22,25). The van der Waals surface area contributed by atoms with Crippen molar-refractivity contribution in [2.45, 2.75) is 20.3 Å². The quantitative estimate of drug-likeness (QED) is 0.442. The minimum absolute atomic E-state index is 0.165. The second-order valence-corrected chi connectivity index (χ2v) is 10.0. The van der Waals surface area contributed by atoms with Crippen LogP contribution in [0.5, 0.6) is 0 Å². The summed E-state index contributed by atoms with van der Waals surface area (Å²) in [5.74, 6) is -0.476. The summed E-state index contributed by atoms with van der Waals surface area (Å²) in [5.41, 5.74) is 1.68. The van der Waals surface area contributed by atoms with Crippen molar-refractivity contribution in [3.05, 3.63) is 42.8 Å². The monoisotopic (exact) mass is 533 g/mol. The van der Waals surface area contributed by atoms with Crippen molar-refractivity contribution in [3.63, 3.8) is 0 Å². The van der Waals surface area contributed by atoms with Crippen molar-refractivity contribution >= 4 is 68.0 Å². The third kappa shape index (κ3) is 4.29. The summed E-state index contributed by atoms with van der Waals surface area (Å²) < 4.78 is 1.01. The van der Waals surface area contributed by atoms with E-state index in [1.165, 1.54) is 23.5 Å². The predicted octanol–water partition coefficient (Wildman–Crippen LogP) is 4.70. The number of fused-ring (bicyclic) bond motifs is 1. The summed E-state index contributed by atoms with van der Waals surface area (Å²) in [4.78, 5) is 31.4. The van der Waals surface area contributed by atoms with Crippen LogP contribution in [-0.2, 0) is 11.3 Å². The van der Waals surface area contributed by atoms with Gasteiger partial charge in [-0.2, -0.15) is 0 Å². The van der Waals surface area contributed by atoms with Crippen LogP contribution in [0.1, 0.15) is 39.4 Å². The first-order valence-electron chi connectivity index (χ1n) is 8.61. The van der Waals surface area contributed by atoms with Crippen molar-refractivity contribution in [3.8, 4) is 0 Å². The van der Waals surface area contributed by atoms with E-state index in [1.54, 1.807) is 7.05 Å². The Morgan fingerprint density at radius 3 is 2.79 bits per heavy atom. The van der Waals surface area contributed by atoms with Crippen LogP contribution < -0.4 is 10.6 Å². The maximum Gasteiger partial charge on any atom is 0.280 e. The van der Waals surface area contributed by atoms with E-state index in [2.05, 4.69) is 47.1 Å². The van der Waals surface area contributed by atoms with E-state index in [-0.39, 0.29) is 17.2 Å². The molecule has 9 heteroatoms. The molecule has 2 amide bonds. The van der Waals surface area contributed by atoms with Gasteiger partial charge in [0.2, 0.25) is 0 Å². The molecular formula is C19H21ClIN3O3S. The Morgan fingerprint density at radius 1 is 1.43 bits per heavy atom. The third-order valence-electron chi connectivity index (χ3n) is 4.55. The van der Waals surface area contributed by atoms with Crippen molar-refractivity contribution in [2.75, 3.05) is 26.0 Å². The lowest BCUT2D eigenvalue weighted by Gasteiger charge is -2.23. The van der Waals surface area contributed by atoms with Crippen molar-refractivity contribution < 1.29 is 14.4 Å². The summed E-state index contributed by atoms with van der Waals surface area (Å²) >= 11 is 9.81. The molecule has 0 saturated carbocycles. The van der Waals surface area contributed by atoms with E-state index in [0.717, 1.165) is 9.13 Å². The molecule has 1 aliphatic rings. The SMILES string of the molecule is CON(C)C(=O)c1c(Nc2ccc(I)cc2Cl)sc2c1CC(C)(C)CNC2=O. The molecule has 0 spiro atoms. The van der Waals surface area contributed by atoms with Crippen LogP contribution in [0, 0.1) is 8.99 Å². The van der Waals surface area contributed by atoms with Crippen molar-refractivity contribution in [2.24, 2.45) is 5.41 Å². The number of carbonyl (C=O) groups excluding carboxylic acids is 2. The molecule has 2 aromatic rings. The second-order valence-electron chi connectivity index (χ2n) is 7.37. The molecular weight excluding hydrogens is 513 g/mol. The number of halogens is 2. The number of nitrogens with zero attached hydrogens (tertiary/aromatic N) is 1. The maximum absolute atomic E-state index is 13.1. The molecule has 2 heterocycles. The fourth-order valence-electron chi connectivity index (χ4n) is 3.03. The number of anilines is 2. The van der Waals surface area contributed by atoms with Gasteiger partial charge in [-0.25, -0.2) is 5.06 Å². The lowest BCUT2D eigenvalue weighted by Crippen LogP contribution is -2.32. The molecule has 28 heavy (non-hydrogen) atoms. The number of nitrogens with one attached hydrogen (secondary N) is 2. The fraction of sp³-hybridized carbons (Fsp3) is 0.368. The Hall–Kier alpha value is -1.36. The third-order valence-corrected chi connectivity index (χ3v) is 6.68. The fourth-order valence-corrected chi connectivity index (χ4v) is 5.07. The summed E-state index contributed by atoms with van der Waals surface area (Å²) in [6.45, 7) is 4.68. The molecule has 1 aliphatic heterocycles. The Balaban J connectivity index is 2.15. The first-order chi connectivity index (χ1) is 13.1. The van der Waals surface area contributed by atoms with Gasteiger partial charge in [0.05, 0.1) is 28.3 Å². The highest BCUT2D eigenvalue weighted by molar-refractivity contribution is 14.1. The largest absolute Gasteiger partial charge is 0.351 e. The average Bonchev–Trinajstić information content (AvgIpc) is 2.92. The zero-order valence-corrected chi connectivity index (χ0v) is 19.7. The van der Waals surface area contributed by atoms with Crippen molar-refractivity contribution in [1.82, 2.24) is 10.4 Å². The Morgan fingerprint density at radius 2 is 2.14 bits per heavy atom. The molecule has 1 aromatic carbocycles. The second kappa shape index (κ2) is 8.17. The number of hydrogen-bond donors (Lipinski definition) is 2. The number of benzene rings is 1. The average molecular weight is 534 g/mol. The highest BCUT2D eigenvalue weighted by Gasteiger charge is 2.35. The van der Waals surface area contributed by atoms with E-state index in [1.807, 2.05) is 18.2 Å². The van der Waals surface area contributed by atoms with Crippen LogP contribution in [0.2, 0.25) is 5.02 Å². The van der Waals surface area contributed by atoms with Gasteiger partial charge >= 0.3 is 0 Å². The molecule has 2 N–H and O–H groups in total. The van der Waals surface area contributed by atoms with Crippen LogP contribution in [0.25, 0.3) is 0 Å². The number of rotatable bonds is 4. The number of hydrogen-bond acceptors (Lipinski definition) is 5. The van der Waals surface area contributed by atoms with Crippen molar-refractivity contribution in [1.29, 1.82) is 0 Å². The number of thiophene rings is 1. The van der Waals surface area contributed by atoms with E-state index in [9.17, 15) is 9.59 Å².